The molecule has 1 aromatic heterocycles. The summed E-state index contributed by atoms with van der Waals surface area (Å²) in [5.74, 6) is 2.14. The van der Waals surface area contributed by atoms with E-state index in [-0.39, 0.29) is 0 Å². The number of allylic oxidation sites excluding steroid dienone is 4. The fraction of sp³-hybridized carbons (Fsp3) is 0.194. The SMILES string of the molecule is C=C/C=C(\C=C/[NH2+]CCSSCC[n+]1ccc(/C=N/N(C)c2ccccc2)cc1)/C=N/N(C)c1ccccc1. The first kappa shape index (κ1) is 30.0. The summed E-state index contributed by atoms with van der Waals surface area (Å²) in [4.78, 5) is 0. The summed E-state index contributed by atoms with van der Waals surface area (Å²) < 4.78 is 2.21. The van der Waals surface area contributed by atoms with E-state index >= 15 is 0 Å². The molecule has 0 unspecified atom stereocenters. The minimum atomic E-state index is 0.981. The highest BCUT2D eigenvalue weighted by Gasteiger charge is 2.02. The Kier molecular flexibility index (Phi) is 13.7. The summed E-state index contributed by atoms with van der Waals surface area (Å²) in [6.07, 6.45) is 15.9. The standard InChI is InChI=1S/C31H37N6S2/c1-4-11-28(26-33-35(2)30-12-7-5-8-13-30)16-19-32-20-24-38-39-25-23-37-21-17-29(18-22-37)27-34-36(3)31-14-9-6-10-15-31/h4-19,21-22,26-27,32H,1,20,23-25H2,2-3H3/q+1/p+1/b19-16-,28-11+,33-26+. The molecule has 3 rings (SSSR count). The molecule has 0 aliphatic carbocycles. The molecule has 8 heteroatoms. The maximum atomic E-state index is 4.53. The van der Waals surface area contributed by atoms with E-state index in [1.165, 1.54) is 0 Å². The van der Waals surface area contributed by atoms with Crippen LogP contribution in [0.4, 0.5) is 11.4 Å². The molecule has 0 bridgehead atoms. The number of pyridine rings is 1. The molecular weight excluding hydrogens is 521 g/mol. The summed E-state index contributed by atoms with van der Waals surface area (Å²) >= 11 is 0. The molecular formula is C31H38N6S2+2. The van der Waals surface area contributed by atoms with Crippen LogP contribution in [0.1, 0.15) is 5.56 Å². The van der Waals surface area contributed by atoms with Gasteiger partial charge < -0.3 is 5.32 Å². The van der Waals surface area contributed by atoms with E-state index in [9.17, 15) is 0 Å². The molecule has 0 aliphatic rings. The molecule has 0 amide bonds. The van der Waals surface area contributed by atoms with Crippen molar-refractivity contribution < 1.29 is 9.88 Å². The van der Waals surface area contributed by atoms with E-state index in [1.807, 2.05) is 125 Å². The van der Waals surface area contributed by atoms with Gasteiger partial charge in [0, 0.05) is 37.9 Å². The Morgan fingerprint density at radius 1 is 0.872 bits per heavy atom. The first-order valence-corrected chi connectivity index (χ1v) is 15.4. The molecule has 0 spiro atoms. The second-order valence-electron chi connectivity index (χ2n) is 8.51. The zero-order chi connectivity index (χ0) is 27.5. The number of aromatic nitrogens is 1. The lowest BCUT2D eigenvalue weighted by Crippen LogP contribution is -2.78. The van der Waals surface area contributed by atoms with Gasteiger partial charge in [-0.2, -0.15) is 10.2 Å². The van der Waals surface area contributed by atoms with Gasteiger partial charge in [0.15, 0.2) is 18.9 Å². The fourth-order valence-electron chi connectivity index (χ4n) is 3.36. The van der Waals surface area contributed by atoms with Gasteiger partial charge in [-0.05, 0) is 29.8 Å². The zero-order valence-corrected chi connectivity index (χ0v) is 24.3. The van der Waals surface area contributed by atoms with E-state index in [4.69, 9.17) is 0 Å². The maximum Gasteiger partial charge on any atom is 0.169 e. The van der Waals surface area contributed by atoms with Crippen LogP contribution >= 0.6 is 21.6 Å². The van der Waals surface area contributed by atoms with E-state index in [0.717, 1.165) is 47.1 Å². The van der Waals surface area contributed by atoms with Crippen LogP contribution in [0.3, 0.4) is 0 Å². The average molecular weight is 559 g/mol. The molecule has 202 valence electrons. The molecule has 39 heavy (non-hydrogen) atoms. The van der Waals surface area contributed by atoms with Crippen molar-refractivity contribution >= 4 is 45.4 Å². The predicted molar refractivity (Wildman–Crippen MR) is 172 cm³/mol. The monoisotopic (exact) mass is 558 g/mol. The summed E-state index contributed by atoms with van der Waals surface area (Å²) in [5.41, 5.74) is 4.20. The minimum Gasteiger partial charge on any atom is -0.319 e. The first-order chi connectivity index (χ1) is 19.2. The van der Waals surface area contributed by atoms with Crippen molar-refractivity contribution in [3.05, 3.63) is 127 Å². The average Bonchev–Trinajstić information content (AvgIpc) is 2.99. The van der Waals surface area contributed by atoms with Gasteiger partial charge in [0.2, 0.25) is 0 Å². The number of hydrogen-bond acceptors (Lipinski definition) is 6. The topological polar surface area (TPSA) is 51.7 Å². The van der Waals surface area contributed by atoms with Gasteiger partial charge in [0.05, 0.1) is 48.1 Å². The first-order valence-electron chi connectivity index (χ1n) is 12.9. The number of anilines is 2. The number of quaternary nitrogens is 1. The Balaban J connectivity index is 1.28. The molecule has 6 nitrogen and oxygen atoms in total. The van der Waals surface area contributed by atoms with Crippen molar-refractivity contribution in [2.24, 2.45) is 10.2 Å². The van der Waals surface area contributed by atoms with Crippen LogP contribution in [0.15, 0.2) is 132 Å². The van der Waals surface area contributed by atoms with Gasteiger partial charge in [-0.25, -0.2) is 4.57 Å². The molecule has 2 aromatic carbocycles. The molecule has 0 saturated heterocycles. The number of nitrogens with zero attached hydrogens (tertiary/aromatic N) is 5. The lowest BCUT2D eigenvalue weighted by Gasteiger charge is -2.12. The van der Waals surface area contributed by atoms with Crippen LogP contribution < -0.4 is 19.9 Å². The molecule has 0 radical (unpaired) electrons. The molecule has 3 aromatic rings. The smallest absolute Gasteiger partial charge is 0.169 e. The third-order valence-electron chi connectivity index (χ3n) is 5.56. The van der Waals surface area contributed by atoms with E-state index in [0.29, 0.717) is 0 Å². The van der Waals surface area contributed by atoms with Crippen LogP contribution in [0.2, 0.25) is 0 Å². The Morgan fingerprint density at radius 3 is 2.13 bits per heavy atom. The van der Waals surface area contributed by atoms with Crippen LogP contribution in [0.25, 0.3) is 0 Å². The van der Waals surface area contributed by atoms with E-state index in [2.05, 4.69) is 63.5 Å². The van der Waals surface area contributed by atoms with Crippen molar-refractivity contribution in [1.82, 2.24) is 0 Å². The Morgan fingerprint density at radius 2 is 1.49 bits per heavy atom. The summed E-state index contributed by atoms with van der Waals surface area (Å²) in [7, 11) is 7.72. The second-order valence-corrected chi connectivity index (χ2v) is 11.2. The number of hydrogen-bond donors (Lipinski definition) is 1. The maximum absolute atomic E-state index is 4.53. The van der Waals surface area contributed by atoms with Crippen LogP contribution in [0.5, 0.6) is 0 Å². The lowest BCUT2D eigenvalue weighted by atomic mass is 10.2. The third-order valence-corrected chi connectivity index (χ3v) is 7.97. The quantitative estimate of drug-likeness (QED) is 0.0661. The van der Waals surface area contributed by atoms with Gasteiger partial charge in [-0.3, -0.25) is 10.0 Å². The number of nitrogens with two attached hydrogens (primary N) is 1. The Labute approximate surface area is 240 Å². The predicted octanol–water partition coefficient (Wildman–Crippen LogP) is 5.14. The van der Waals surface area contributed by atoms with Gasteiger partial charge >= 0.3 is 0 Å². The zero-order valence-electron chi connectivity index (χ0n) is 22.7. The van der Waals surface area contributed by atoms with Crippen molar-refractivity contribution in [3.63, 3.8) is 0 Å². The van der Waals surface area contributed by atoms with Crippen LogP contribution in [-0.4, -0.2) is 44.6 Å². The number of aryl methyl sites for hydroxylation is 1. The number of rotatable bonds is 16. The van der Waals surface area contributed by atoms with Gasteiger partial charge in [0.25, 0.3) is 0 Å². The second kappa shape index (κ2) is 17.8. The van der Waals surface area contributed by atoms with Crippen LogP contribution in [0, 0.1) is 0 Å². The fourth-order valence-corrected chi connectivity index (χ4v) is 5.33. The molecule has 0 saturated carbocycles. The van der Waals surface area contributed by atoms with E-state index in [1.54, 1.807) is 6.08 Å². The van der Waals surface area contributed by atoms with Crippen molar-refractivity contribution in [2.75, 3.05) is 42.2 Å². The molecule has 0 aliphatic heterocycles. The minimum absolute atomic E-state index is 0.981. The Hall–Kier alpha value is -3.59. The van der Waals surface area contributed by atoms with Crippen molar-refractivity contribution in [1.29, 1.82) is 0 Å². The van der Waals surface area contributed by atoms with Crippen molar-refractivity contribution in [3.8, 4) is 0 Å². The number of para-hydroxylation sites is 2. The molecule has 0 atom stereocenters. The highest BCUT2D eigenvalue weighted by Crippen LogP contribution is 2.19. The van der Waals surface area contributed by atoms with Gasteiger partial charge in [-0.15, -0.1) is 0 Å². The highest BCUT2D eigenvalue weighted by molar-refractivity contribution is 8.76. The summed E-state index contributed by atoms with van der Waals surface area (Å²) in [6.45, 7) is 5.82. The molecule has 2 N–H and O–H groups in total. The summed E-state index contributed by atoms with van der Waals surface area (Å²) in [6, 6.07) is 24.4. The Bertz CT molecular complexity index is 1220. The van der Waals surface area contributed by atoms with Gasteiger partial charge in [0.1, 0.15) is 0 Å². The summed E-state index contributed by atoms with van der Waals surface area (Å²) in [5, 5.41) is 15.0. The molecule has 0 fully saturated rings. The number of hydrazone groups is 2. The normalized spacial score (nSPS) is 12.0. The highest BCUT2D eigenvalue weighted by atomic mass is 33.1. The van der Waals surface area contributed by atoms with Crippen LogP contribution in [-0.2, 0) is 6.54 Å². The number of benzene rings is 2. The van der Waals surface area contributed by atoms with Gasteiger partial charge in [-0.1, -0.05) is 76.7 Å². The van der Waals surface area contributed by atoms with E-state index < -0.39 is 0 Å². The lowest BCUT2D eigenvalue weighted by molar-refractivity contribution is -0.692. The largest absolute Gasteiger partial charge is 0.319 e. The molecule has 1 heterocycles. The third kappa shape index (κ3) is 11.8. The van der Waals surface area contributed by atoms with Crippen molar-refractivity contribution in [2.45, 2.75) is 6.54 Å².